The Bertz CT molecular complexity index is 844. The lowest BCUT2D eigenvalue weighted by Gasteiger charge is -2.31. The molecule has 2 heterocycles. The zero-order valence-electron chi connectivity index (χ0n) is 13.7. The van der Waals surface area contributed by atoms with E-state index in [9.17, 15) is 4.79 Å². The van der Waals surface area contributed by atoms with Crippen LogP contribution in [0.1, 0.15) is 40.3 Å². The Morgan fingerprint density at radius 3 is 2.76 bits per heavy atom. The van der Waals surface area contributed by atoms with Crippen molar-refractivity contribution < 1.29 is 9.21 Å². The number of furan rings is 1. The molecular weight excluding hydrogens is 397 g/mol. The van der Waals surface area contributed by atoms with Gasteiger partial charge in [0.25, 0.3) is 5.91 Å². The van der Waals surface area contributed by atoms with Crippen molar-refractivity contribution in [3.63, 3.8) is 0 Å². The van der Waals surface area contributed by atoms with E-state index in [4.69, 9.17) is 27.6 Å². The van der Waals surface area contributed by atoms with Crippen molar-refractivity contribution in [2.75, 3.05) is 16.8 Å². The van der Waals surface area contributed by atoms with Crippen LogP contribution in [-0.4, -0.2) is 17.4 Å². The molecule has 0 saturated carbocycles. The Morgan fingerprint density at radius 1 is 1.28 bits per heavy atom. The molecule has 1 aliphatic heterocycles. The third kappa shape index (κ3) is 3.09. The monoisotopic (exact) mass is 413 g/mol. The Labute approximate surface area is 165 Å². The Morgan fingerprint density at radius 2 is 2.04 bits per heavy atom. The summed E-state index contributed by atoms with van der Waals surface area (Å²) in [7, 11) is 0. The van der Waals surface area contributed by atoms with E-state index in [2.05, 4.69) is 5.32 Å². The molecule has 7 heteroatoms. The summed E-state index contributed by atoms with van der Waals surface area (Å²) in [6, 6.07) is 5.01. The van der Waals surface area contributed by atoms with Crippen LogP contribution in [0.5, 0.6) is 0 Å². The molecule has 1 N–H and O–H groups in total. The first-order chi connectivity index (χ1) is 12.0. The van der Waals surface area contributed by atoms with Gasteiger partial charge in [0, 0.05) is 34.1 Å². The fourth-order valence-electron chi connectivity index (χ4n) is 3.58. The molecule has 25 heavy (non-hydrogen) atoms. The first-order valence-corrected chi connectivity index (χ1v) is 10.9. The van der Waals surface area contributed by atoms with Crippen molar-refractivity contribution in [2.45, 2.75) is 30.3 Å². The molecule has 4 rings (SSSR count). The van der Waals surface area contributed by atoms with Gasteiger partial charge in [-0.3, -0.25) is 4.79 Å². The lowest BCUT2D eigenvalue weighted by Crippen LogP contribution is -2.21. The fourth-order valence-corrected chi connectivity index (χ4v) is 7.60. The van der Waals surface area contributed by atoms with Gasteiger partial charge in [0.1, 0.15) is 5.76 Å². The number of aryl methyl sites for hydroxylation is 1. The predicted octanol–water partition coefficient (Wildman–Crippen LogP) is 6.12. The van der Waals surface area contributed by atoms with Gasteiger partial charge in [0.05, 0.1) is 14.8 Å². The highest BCUT2D eigenvalue weighted by Gasteiger charge is 2.45. The number of anilines is 1. The van der Waals surface area contributed by atoms with Crippen LogP contribution in [0.4, 0.5) is 5.69 Å². The number of halogens is 2. The smallest absolute Gasteiger partial charge is 0.291 e. The SMILES string of the molecule is Cc1c(C(=O)Nc2ccc(Cl)cc2Cl)oc2c1C1(CCC2)SCCS1. The van der Waals surface area contributed by atoms with E-state index in [-0.39, 0.29) is 9.99 Å². The van der Waals surface area contributed by atoms with E-state index in [1.807, 2.05) is 30.4 Å². The minimum Gasteiger partial charge on any atom is -0.455 e. The molecule has 1 aromatic carbocycles. The molecule has 1 saturated heterocycles. The highest BCUT2D eigenvalue weighted by Crippen LogP contribution is 2.59. The number of nitrogens with one attached hydrogen (secondary N) is 1. The number of benzene rings is 1. The number of amides is 1. The van der Waals surface area contributed by atoms with Crippen LogP contribution in [0.3, 0.4) is 0 Å². The van der Waals surface area contributed by atoms with Crippen LogP contribution in [0.15, 0.2) is 22.6 Å². The Hall–Kier alpha value is -0.750. The Balaban J connectivity index is 1.67. The number of hydrogen-bond donors (Lipinski definition) is 1. The van der Waals surface area contributed by atoms with Crippen LogP contribution in [0, 0.1) is 6.92 Å². The summed E-state index contributed by atoms with van der Waals surface area (Å²) < 4.78 is 6.08. The van der Waals surface area contributed by atoms with E-state index < -0.39 is 0 Å². The van der Waals surface area contributed by atoms with Gasteiger partial charge in [-0.25, -0.2) is 0 Å². The van der Waals surface area contributed by atoms with Gasteiger partial charge in [-0.05, 0) is 38.0 Å². The average Bonchev–Trinajstić information content (AvgIpc) is 3.16. The van der Waals surface area contributed by atoms with Crippen molar-refractivity contribution in [1.29, 1.82) is 0 Å². The van der Waals surface area contributed by atoms with Crippen LogP contribution in [0.2, 0.25) is 10.0 Å². The molecule has 0 unspecified atom stereocenters. The first-order valence-electron chi connectivity index (χ1n) is 8.17. The number of thioether (sulfide) groups is 2. The van der Waals surface area contributed by atoms with Crippen molar-refractivity contribution in [3.8, 4) is 0 Å². The van der Waals surface area contributed by atoms with Crippen molar-refractivity contribution in [1.82, 2.24) is 0 Å². The molecule has 132 valence electrons. The third-order valence-electron chi connectivity index (χ3n) is 4.65. The molecule has 1 aromatic heterocycles. The number of hydrogen-bond acceptors (Lipinski definition) is 4. The standard InChI is InChI=1S/C18H17Cl2NO2S2/c1-10-15-14(3-2-6-18(15)24-7-8-25-18)23-16(10)17(22)21-13-5-4-11(19)9-12(13)20/h4-5,9H,2-3,6-8H2,1H3,(H,21,22). The van der Waals surface area contributed by atoms with Crippen LogP contribution in [0.25, 0.3) is 0 Å². The molecule has 2 aromatic rings. The topological polar surface area (TPSA) is 42.2 Å². The minimum absolute atomic E-state index is 0.0671. The van der Waals surface area contributed by atoms with Crippen LogP contribution < -0.4 is 5.32 Å². The molecule has 1 fully saturated rings. The summed E-state index contributed by atoms with van der Waals surface area (Å²) in [4.78, 5) is 12.8. The first kappa shape index (κ1) is 17.7. The van der Waals surface area contributed by atoms with Gasteiger partial charge in [0.2, 0.25) is 0 Å². The molecule has 0 radical (unpaired) electrons. The lowest BCUT2D eigenvalue weighted by atomic mass is 9.94. The predicted molar refractivity (Wildman–Crippen MR) is 107 cm³/mol. The molecular formula is C18H17Cl2NO2S2. The van der Waals surface area contributed by atoms with Gasteiger partial charge in [0.15, 0.2) is 5.76 Å². The fraction of sp³-hybridized carbons (Fsp3) is 0.389. The highest BCUT2D eigenvalue weighted by molar-refractivity contribution is 8.20. The third-order valence-corrected chi connectivity index (χ3v) is 8.73. The van der Waals surface area contributed by atoms with Gasteiger partial charge in [-0.1, -0.05) is 23.2 Å². The van der Waals surface area contributed by atoms with Crippen LogP contribution >= 0.6 is 46.7 Å². The van der Waals surface area contributed by atoms with E-state index >= 15 is 0 Å². The molecule has 3 nitrogen and oxygen atoms in total. The van der Waals surface area contributed by atoms with Crippen LogP contribution in [-0.2, 0) is 10.5 Å². The zero-order valence-corrected chi connectivity index (χ0v) is 16.8. The highest BCUT2D eigenvalue weighted by atomic mass is 35.5. The number of carbonyl (C=O) groups is 1. The summed E-state index contributed by atoms with van der Waals surface area (Å²) in [6.07, 6.45) is 3.14. The molecule has 1 aliphatic carbocycles. The summed E-state index contributed by atoms with van der Waals surface area (Å²) in [5, 5.41) is 3.79. The number of fused-ring (bicyclic) bond motifs is 2. The lowest BCUT2D eigenvalue weighted by molar-refractivity contribution is 0.0994. The molecule has 0 atom stereocenters. The van der Waals surface area contributed by atoms with Gasteiger partial charge < -0.3 is 9.73 Å². The summed E-state index contributed by atoms with van der Waals surface area (Å²) in [5.74, 6) is 3.40. The minimum atomic E-state index is -0.265. The van der Waals surface area contributed by atoms with E-state index in [1.165, 1.54) is 5.56 Å². The van der Waals surface area contributed by atoms with E-state index in [0.717, 1.165) is 42.1 Å². The van der Waals surface area contributed by atoms with E-state index in [0.29, 0.717) is 21.5 Å². The second kappa shape index (κ2) is 6.76. The average molecular weight is 414 g/mol. The van der Waals surface area contributed by atoms with Crippen molar-refractivity contribution in [3.05, 3.63) is 50.9 Å². The zero-order chi connectivity index (χ0) is 17.6. The maximum absolute atomic E-state index is 12.8. The largest absolute Gasteiger partial charge is 0.455 e. The van der Waals surface area contributed by atoms with Crippen molar-refractivity contribution >= 4 is 58.3 Å². The summed E-state index contributed by atoms with van der Waals surface area (Å²) in [6.45, 7) is 1.99. The molecule has 0 bridgehead atoms. The van der Waals surface area contributed by atoms with Crippen molar-refractivity contribution in [2.24, 2.45) is 0 Å². The van der Waals surface area contributed by atoms with Gasteiger partial charge in [-0.15, -0.1) is 23.5 Å². The Kier molecular flexibility index (Phi) is 4.78. The summed E-state index contributed by atoms with van der Waals surface area (Å²) in [5.41, 5.74) is 2.72. The van der Waals surface area contributed by atoms with E-state index in [1.54, 1.807) is 18.2 Å². The second-order valence-electron chi connectivity index (χ2n) is 6.24. The maximum atomic E-state index is 12.8. The molecule has 1 spiro atoms. The van der Waals surface area contributed by atoms with Gasteiger partial charge >= 0.3 is 0 Å². The number of rotatable bonds is 2. The maximum Gasteiger partial charge on any atom is 0.291 e. The number of carbonyl (C=O) groups excluding carboxylic acids is 1. The second-order valence-corrected chi connectivity index (χ2v) is 10.1. The van der Waals surface area contributed by atoms with Gasteiger partial charge in [-0.2, -0.15) is 0 Å². The quantitative estimate of drug-likeness (QED) is 0.643. The summed E-state index contributed by atoms with van der Waals surface area (Å²) >= 11 is 16.1. The normalized spacial score (nSPS) is 18.4. The molecule has 2 aliphatic rings. The molecule has 1 amide bonds.